The van der Waals surface area contributed by atoms with Crippen LogP contribution in [-0.2, 0) is 0 Å². The molecule has 3 rings (SSSR count). The first-order chi connectivity index (χ1) is 10.4. The Kier molecular flexibility index (Phi) is 3.61. The van der Waals surface area contributed by atoms with Gasteiger partial charge in [-0.2, -0.15) is 4.98 Å². The highest BCUT2D eigenvalue weighted by Gasteiger charge is 2.16. The molecule has 2 heterocycles. The van der Waals surface area contributed by atoms with Gasteiger partial charge in [-0.25, -0.2) is 13.9 Å². The third kappa shape index (κ3) is 2.69. The highest BCUT2D eigenvalue weighted by atomic mass is 79.9. The lowest BCUT2D eigenvalue weighted by Crippen LogP contribution is -2.15. The summed E-state index contributed by atoms with van der Waals surface area (Å²) in [6.45, 7) is 3.67. The van der Waals surface area contributed by atoms with Crippen LogP contribution >= 0.6 is 15.9 Å². The third-order valence-electron chi connectivity index (χ3n) is 3.00. The molecule has 3 aromatic rings. The average molecular weight is 364 g/mol. The van der Waals surface area contributed by atoms with E-state index in [0.29, 0.717) is 10.3 Å². The molecule has 0 saturated heterocycles. The Morgan fingerprint density at radius 2 is 2.05 bits per heavy atom. The Labute approximate surface area is 133 Å². The molecule has 0 unspecified atom stereocenters. The number of nitrogens with zero attached hydrogens (tertiary/aromatic N) is 4. The molecule has 22 heavy (non-hydrogen) atoms. The van der Waals surface area contributed by atoms with Crippen molar-refractivity contribution in [2.45, 2.75) is 13.8 Å². The Balaban J connectivity index is 1.93. The van der Waals surface area contributed by atoms with Gasteiger partial charge in [0.2, 0.25) is 5.82 Å². The SMILES string of the molecule is Cc1cc(C)n2nc(C(=O)Nc3ccc(Br)cc3F)nc2n1. The van der Waals surface area contributed by atoms with E-state index in [2.05, 4.69) is 36.3 Å². The first-order valence-electron chi connectivity index (χ1n) is 6.41. The first-order valence-corrected chi connectivity index (χ1v) is 7.21. The van der Waals surface area contributed by atoms with Gasteiger partial charge in [0.1, 0.15) is 5.82 Å². The molecule has 1 aromatic carbocycles. The lowest BCUT2D eigenvalue weighted by molar-refractivity contribution is 0.101. The number of rotatable bonds is 2. The first kappa shape index (κ1) is 14.6. The molecule has 0 atom stereocenters. The minimum absolute atomic E-state index is 0.0629. The maximum Gasteiger partial charge on any atom is 0.295 e. The van der Waals surface area contributed by atoms with Gasteiger partial charge >= 0.3 is 0 Å². The number of benzene rings is 1. The van der Waals surface area contributed by atoms with Crippen molar-refractivity contribution in [2.75, 3.05) is 5.32 Å². The van der Waals surface area contributed by atoms with Crippen LogP contribution in [0.15, 0.2) is 28.7 Å². The number of amides is 1. The lowest BCUT2D eigenvalue weighted by atomic mass is 10.3. The minimum atomic E-state index is -0.594. The monoisotopic (exact) mass is 363 g/mol. The topological polar surface area (TPSA) is 72.2 Å². The van der Waals surface area contributed by atoms with E-state index in [1.54, 1.807) is 6.07 Å². The largest absolute Gasteiger partial charge is 0.317 e. The van der Waals surface area contributed by atoms with Crippen LogP contribution in [0.25, 0.3) is 5.78 Å². The van der Waals surface area contributed by atoms with Gasteiger partial charge in [0.05, 0.1) is 5.69 Å². The number of carbonyl (C=O) groups is 1. The van der Waals surface area contributed by atoms with E-state index >= 15 is 0 Å². The van der Waals surface area contributed by atoms with E-state index < -0.39 is 11.7 Å². The Morgan fingerprint density at radius 3 is 2.77 bits per heavy atom. The zero-order chi connectivity index (χ0) is 15.9. The minimum Gasteiger partial charge on any atom is -0.317 e. The quantitative estimate of drug-likeness (QED) is 0.759. The van der Waals surface area contributed by atoms with Gasteiger partial charge in [-0.1, -0.05) is 15.9 Å². The van der Waals surface area contributed by atoms with Gasteiger partial charge < -0.3 is 5.32 Å². The molecule has 1 amide bonds. The second-order valence-electron chi connectivity index (χ2n) is 4.76. The van der Waals surface area contributed by atoms with E-state index in [-0.39, 0.29) is 11.5 Å². The maximum absolute atomic E-state index is 13.7. The number of aromatic nitrogens is 4. The molecule has 2 aromatic heterocycles. The summed E-state index contributed by atoms with van der Waals surface area (Å²) in [5, 5.41) is 6.54. The predicted molar refractivity (Wildman–Crippen MR) is 82.3 cm³/mol. The van der Waals surface area contributed by atoms with E-state index in [1.165, 1.54) is 16.6 Å². The van der Waals surface area contributed by atoms with Gasteiger partial charge in [-0.3, -0.25) is 4.79 Å². The van der Waals surface area contributed by atoms with Crippen LogP contribution in [-0.4, -0.2) is 25.5 Å². The van der Waals surface area contributed by atoms with Gasteiger partial charge in [-0.05, 0) is 38.1 Å². The number of aryl methyl sites for hydroxylation is 2. The number of carbonyl (C=O) groups excluding carboxylic acids is 1. The summed E-state index contributed by atoms with van der Waals surface area (Å²) in [5.74, 6) is -0.872. The molecule has 112 valence electrons. The number of halogens is 2. The van der Waals surface area contributed by atoms with E-state index in [9.17, 15) is 9.18 Å². The normalized spacial score (nSPS) is 10.9. The molecular formula is C14H11BrFN5O. The summed E-state index contributed by atoms with van der Waals surface area (Å²) in [4.78, 5) is 20.4. The summed E-state index contributed by atoms with van der Waals surface area (Å²) in [6, 6.07) is 6.19. The standard InChI is InChI=1S/C14H11BrFN5O/c1-7-5-8(2)21-14(17-7)19-12(20-21)13(22)18-11-4-3-9(15)6-10(11)16/h3-6H,1-2H3,(H,18,22). The van der Waals surface area contributed by atoms with Crippen LogP contribution in [0.3, 0.4) is 0 Å². The van der Waals surface area contributed by atoms with Gasteiger partial charge in [0.25, 0.3) is 11.7 Å². The van der Waals surface area contributed by atoms with Crippen LogP contribution in [0.2, 0.25) is 0 Å². The molecule has 8 heteroatoms. The van der Waals surface area contributed by atoms with E-state index in [1.807, 2.05) is 19.9 Å². The zero-order valence-electron chi connectivity index (χ0n) is 11.8. The molecule has 0 bridgehead atoms. The molecule has 0 fully saturated rings. The van der Waals surface area contributed by atoms with Crippen LogP contribution in [0, 0.1) is 19.7 Å². The van der Waals surface area contributed by atoms with Gasteiger partial charge in [0, 0.05) is 15.9 Å². The Morgan fingerprint density at radius 1 is 1.27 bits per heavy atom. The molecule has 0 aliphatic heterocycles. The van der Waals surface area contributed by atoms with Crippen molar-refractivity contribution in [1.29, 1.82) is 0 Å². The molecule has 0 saturated carbocycles. The molecule has 0 spiro atoms. The van der Waals surface area contributed by atoms with Gasteiger partial charge in [0.15, 0.2) is 0 Å². The van der Waals surface area contributed by atoms with Crippen LogP contribution < -0.4 is 5.32 Å². The van der Waals surface area contributed by atoms with Crippen molar-refractivity contribution in [2.24, 2.45) is 0 Å². The maximum atomic E-state index is 13.7. The molecule has 0 aliphatic carbocycles. The smallest absolute Gasteiger partial charge is 0.295 e. The summed E-state index contributed by atoms with van der Waals surface area (Å²) in [5.41, 5.74) is 1.65. The number of hydrogen-bond acceptors (Lipinski definition) is 4. The number of nitrogens with one attached hydrogen (secondary N) is 1. The average Bonchev–Trinajstić information content (AvgIpc) is 2.86. The van der Waals surface area contributed by atoms with Crippen molar-refractivity contribution in [3.63, 3.8) is 0 Å². The number of hydrogen-bond donors (Lipinski definition) is 1. The Bertz CT molecular complexity index is 892. The third-order valence-corrected chi connectivity index (χ3v) is 3.49. The highest BCUT2D eigenvalue weighted by Crippen LogP contribution is 2.19. The van der Waals surface area contributed by atoms with Gasteiger partial charge in [-0.15, -0.1) is 5.10 Å². The highest BCUT2D eigenvalue weighted by molar-refractivity contribution is 9.10. The summed E-state index contributed by atoms with van der Waals surface area (Å²) < 4.78 is 15.8. The van der Waals surface area contributed by atoms with Crippen molar-refractivity contribution in [3.05, 3.63) is 51.8 Å². The second-order valence-corrected chi connectivity index (χ2v) is 5.68. The van der Waals surface area contributed by atoms with Crippen molar-refractivity contribution >= 4 is 33.3 Å². The van der Waals surface area contributed by atoms with Crippen molar-refractivity contribution in [1.82, 2.24) is 19.6 Å². The molecular weight excluding hydrogens is 353 g/mol. The molecule has 6 nitrogen and oxygen atoms in total. The van der Waals surface area contributed by atoms with Crippen molar-refractivity contribution in [3.8, 4) is 0 Å². The fourth-order valence-corrected chi connectivity index (χ4v) is 2.36. The molecule has 0 radical (unpaired) electrons. The summed E-state index contributed by atoms with van der Waals surface area (Å²) in [7, 11) is 0. The van der Waals surface area contributed by atoms with Crippen LogP contribution in [0.4, 0.5) is 10.1 Å². The Hall–Kier alpha value is -2.35. The fourth-order valence-electron chi connectivity index (χ4n) is 2.03. The van der Waals surface area contributed by atoms with Crippen LogP contribution in [0.1, 0.15) is 22.0 Å². The van der Waals surface area contributed by atoms with Crippen molar-refractivity contribution < 1.29 is 9.18 Å². The second kappa shape index (κ2) is 5.45. The number of anilines is 1. The predicted octanol–water partition coefficient (Wildman–Crippen LogP) is 2.90. The van der Waals surface area contributed by atoms with E-state index in [0.717, 1.165) is 11.4 Å². The summed E-state index contributed by atoms with van der Waals surface area (Å²) in [6.07, 6.45) is 0. The summed E-state index contributed by atoms with van der Waals surface area (Å²) >= 11 is 3.16. The lowest BCUT2D eigenvalue weighted by Gasteiger charge is -2.04. The molecule has 0 aliphatic rings. The molecule has 1 N–H and O–H groups in total. The van der Waals surface area contributed by atoms with Crippen LogP contribution in [0.5, 0.6) is 0 Å². The van der Waals surface area contributed by atoms with E-state index in [4.69, 9.17) is 0 Å². The number of fused-ring (bicyclic) bond motifs is 1. The fraction of sp³-hybridized carbons (Fsp3) is 0.143. The zero-order valence-corrected chi connectivity index (χ0v) is 13.3.